The first-order valence-electron chi connectivity index (χ1n) is 5.02. The van der Waals surface area contributed by atoms with Gasteiger partial charge in [-0.15, -0.1) is 11.8 Å². The molecule has 0 aromatic heterocycles. The summed E-state index contributed by atoms with van der Waals surface area (Å²) >= 11 is 0.590. The van der Waals surface area contributed by atoms with Crippen molar-refractivity contribution in [1.29, 1.82) is 0 Å². The highest BCUT2D eigenvalue weighted by Gasteiger charge is 2.44. The summed E-state index contributed by atoms with van der Waals surface area (Å²) in [5.41, 5.74) is -0.714. The number of aliphatic carboxylic acids is 1. The van der Waals surface area contributed by atoms with Crippen LogP contribution in [0.15, 0.2) is 0 Å². The fourth-order valence-electron chi connectivity index (χ4n) is 0.937. The van der Waals surface area contributed by atoms with E-state index in [9.17, 15) is 22.8 Å². The number of thioether (sulfide) groups is 1. The van der Waals surface area contributed by atoms with Gasteiger partial charge < -0.3 is 9.84 Å². The fraction of sp³-hybridized carbons (Fsp3) is 0.800. The second kappa shape index (κ2) is 6.31. The molecule has 106 valence electrons. The molecule has 0 aliphatic heterocycles. The van der Waals surface area contributed by atoms with Gasteiger partial charge in [0.25, 0.3) is 0 Å². The molecular formula is C10H15F3O4S. The van der Waals surface area contributed by atoms with Crippen LogP contribution in [0.2, 0.25) is 0 Å². The molecule has 0 spiro atoms. The molecule has 0 aliphatic carbocycles. The Kier molecular flexibility index (Phi) is 5.98. The van der Waals surface area contributed by atoms with E-state index in [0.29, 0.717) is 11.8 Å². The molecule has 0 rings (SSSR count). The molecule has 0 heterocycles. The van der Waals surface area contributed by atoms with Crippen molar-refractivity contribution in [2.45, 2.75) is 32.5 Å². The average molecular weight is 288 g/mol. The van der Waals surface area contributed by atoms with Gasteiger partial charge in [-0.1, -0.05) is 0 Å². The smallest absolute Gasteiger partial charge is 0.403 e. The second-order valence-electron chi connectivity index (χ2n) is 4.53. The number of halogens is 3. The normalized spacial score (nSPS) is 14.1. The molecule has 1 N–H and O–H groups in total. The Morgan fingerprint density at radius 2 is 1.78 bits per heavy atom. The molecule has 0 aromatic carbocycles. The van der Waals surface area contributed by atoms with Crippen LogP contribution < -0.4 is 0 Å². The monoisotopic (exact) mass is 288 g/mol. The third-order valence-electron chi connectivity index (χ3n) is 1.62. The van der Waals surface area contributed by atoms with Crippen LogP contribution in [0.25, 0.3) is 0 Å². The first kappa shape index (κ1) is 17.1. The maximum atomic E-state index is 12.3. The quantitative estimate of drug-likeness (QED) is 0.787. The lowest BCUT2D eigenvalue weighted by Gasteiger charge is -2.20. The molecule has 0 fully saturated rings. The Labute approximate surface area is 107 Å². The minimum absolute atomic E-state index is 0.308. The molecule has 0 saturated heterocycles. The van der Waals surface area contributed by atoms with E-state index in [1.807, 2.05) is 0 Å². The van der Waals surface area contributed by atoms with E-state index in [4.69, 9.17) is 9.84 Å². The number of carbonyl (C=O) groups excluding carboxylic acids is 1. The Balaban J connectivity index is 4.17. The zero-order valence-corrected chi connectivity index (χ0v) is 11.0. The average Bonchev–Trinajstić information content (AvgIpc) is 2.06. The van der Waals surface area contributed by atoms with Crippen LogP contribution >= 0.6 is 11.8 Å². The third-order valence-corrected chi connectivity index (χ3v) is 2.63. The van der Waals surface area contributed by atoms with Crippen molar-refractivity contribution in [1.82, 2.24) is 0 Å². The number of esters is 1. The summed E-state index contributed by atoms with van der Waals surface area (Å²) in [6.07, 6.45) is -4.81. The van der Waals surface area contributed by atoms with E-state index < -0.39 is 35.4 Å². The largest absolute Gasteiger partial charge is 0.481 e. The molecule has 0 radical (unpaired) electrons. The van der Waals surface area contributed by atoms with Crippen molar-refractivity contribution < 1.29 is 32.6 Å². The van der Waals surface area contributed by atoms with E-state index in [1.165, 1.54) is 0 Å². The SMILES string of the molecule is CC(C)(C)OC(=O)CSCC(C(=O)O)C(F)(F)F. The van der Waals surface area contributed by atoms with Gasteiger partial charge in [0.15, 0.2) is 5.92 Å². The zero-order valence-electron chi connectivity index (χ0n) is 10.2. The number of carboxylic acid groups (broad SMARTS) is 1. The summed E-state index contributed by atoms with van der Waals surface area (Å²) in [6.45, 7) is 4.89. The van der Waals surface area contributed by atoms with Gasteiger partial charge in [-0.25, -0.2) is 0 Å². The Morgan fingerprint density at radius 3 is 2.11 bits per heavy atom. The fourth-order valence-corrected chi connectivity index (χ4v) is 1.85. The number of hydrogen-bond acceptors (Lipinski definition) is 4. The lowest BCUT2D eigenvalue weighted by molar-refractivity contribution is -0.188. The van der Waals surface area contributed by atoms with Crippen molar-refractivity contribution in [2.24, 2.45) is 5.92 Å². The minimum atomic E-state index is -4.81. The van der Waals surface area contributed by atoms with Crippen LogP contribution in [0.5, 0.6) is 0 Å². The second-order valence-corrected chi connectivity index (χ2v) is 5.56. The Hall–Kier alpha value is -0.920. The lowest BCUT2D eigenvalue weighted by Crippen LogP contribution is -2.33. The van der Waals surface area contributed by atoms with Gasteiger partial charge in [0.05, 0.1) is 5.75 Å². The van der Waals surface area contributed by atoms with Crippen LogP contribution in [-0.2, 0) is 14.3 Å². The molecule has 1 atom stereocenters. The predicted octanol–water partition coefficient (Wildman–Crippen LogP) is 2.32. The molecule has 0 saturated carbocycles. The van der Waals surface area contributed by atoms with E-state index in [1.54, 1.807) is 20.8 Å². The lowest BCUT2D eigenvalue weighted by atomic mass is 10.2. The van der Waals surface area contributed by atoms with E-state index in [2.05, 4.69) is 0 Å². The summed E-state index contributed by atoms with van der Waals surface area (Å²) in [6, 6.07) is 0. The number of carboxylic acids is 1. The summed E-state index contributed by atoms with van der Waals surface area (Å²) in [7, 11) is 0. The summed E-state index contributed by atoms with van der Waals surface area (Å²) < 4.78 is 41.6. The van der Waals surface area contributed by atoms with Crippen LogP contribution in [0.4, 0.5) is 13.2 Å². The maximum Gasteiger partial charge on any atom is 0.403 e. The van der Waals surface area contributed by atoms with Gasteiger partial charge in [0.1, 0.15) is 5.60 Å². The van der Waals surface area contributed by atoms with E-state index in [0.717, 1.165) is 0 Å². The number of ether oxygens (including phenoxy) is 1. The van der Waals surface area contributed by atoms with Crippen molar-refractivity contribution >= 4 is 23.7 Å². The van der Waals surface area contributed by atoms with Crippen molar-refractivity contribution in [2.75, 3.05) is 11.5 Å². The molecule has 8 heteroatoms. The van der Waals surface area contributed by atoms with Gasteiger partial charge in [0.2, 0.25) is 0 Å². The number of alkyl halides is 3. The highest BCUT2D eigenvalue weighted by Crippen LogP contribution is 2.29. The van der Waals surface area contributed by atoms with Crippen LogP contribution in [0, 0.1) is 5.92 Å². The van der Waals surface area contributed by atoms with Gasteiger partial charge in [-0.05, 0) is 20.8 Å². The number of carbonyl (C=O) groups is 2. The van der Waals surface area contributed by atoms with Gasteiger partial charge in [-0.3, -0.25) is 9.59 Å². The van der Waals surface area contributed by atoms with Crippen LogP contribution in [-0.4, -0.2) is 40.3 Å². The first-order valence-corrected chi connectivity index (χ1v) is 6.18. The maximum absolute atomic E-state index is 12.3. The van der Waals surface area contributed by atoms with Crippen molar-refractivity contribution in [3.8, 4) is 0 Å². The van der Waals surface area contributed by atoms with Gasteiger partial charge >= 0.3 is 18.1 Å². The van der Waals surface area contributed by atoms with Crippen LogP contribution in [0.1, 0.15) is 20.8 Å². The van der Waals surface area contributed by atoms with Gasteiger partial charge in [-0.2, -0.15) is 13.2 Å². The molecule has 0 bridgehead atoms. The molecule has 1 unspecified atom stereocenters. The first-order chi connectivity index (χ1) is 7.93. The van der Waals surface area contributed by atoms with Crippen molar-refractivity contribution in [3.63, 3.8) is 0 Å². The standard InChI is InChI=1S/C10H15F3O4S/c1-9(2,3)17-7(14)5-18-4-6(8(15)16)10(11,12)13/h6H,4-5H2,1-3H3,(H,15,16). The minimum Gasteiger partial charge on any atom is -0.481 e. The van der Waals surface area contributed by atoms with Crippen molar-refractivity contribution in [3.05, 3.63) is 0 Å². The van der Waals surface area contributed by atoms with Crippen LogP contribution in [0.3, 0.4) is 0 Å². The van der Waals surface area contributed by atoms with Gasteiger partial charge in [0, 0.05) is 5.75 Å². The highest BCUT2D eigenvalue weighted by atomic mass is 32.2. The molecule has 18 heavy (non-hydrogen) atoms. The molecule has 0 aliphatic rings. The summed E-state index contributed by atoms with van der Waals surface area (Å²) in [5.74, 6) is -6.10. The topological polar surface area (TPSA) is 63.6 Å². The highest BCUT2D eigenvalue weighted by molar-refractivity contribution is 7.99. The summed E-state index contributed by atoms with van der Waals surface area (Å²) in [4.78, 5) is 21.6. The molecule has 4 nitrogen and oxygen atoms in total. The van der Waals surface area contributed by atoms with E-state index >= 15 is 0 Å². The number of hydrogen-bond donors (Lipinski definition) is 1. The zero-order chi connectivity index (χ0) is 14.6. The Bertz CT molecular complexity index is 309. The summed E-state index contributed by atoms with van der Waals surface area (Å²) in [5, 5.41) is 8.41. The Morgan fingerprint density at radius 1 is 1.28 bits per heavy atom. The predicted molar refractivity (Wildman–Crippen MR) is 60.4 cm³/mol. The molecular weight excluding hydrogens is 273 g/mol. The molecule has 0 aromatic rings. The van der Waals surface area contributed by atoms with E-state index in [-0.39, 0.29) is 5.75 Å². The third kappa shape index (κ3) is 7.41. The number of rotatable bonds is 5. The molecule has 0 amide bonds.